The second-order valence-corrected chi connectivity index (χ2v) is 10.9. The van der Waals surface area contributed by atoms with Gasteiger partial charge in [-0.25, -0.2) is 0 Å². The van der Waals surface area contributed by atoms with E-state index in [-0.39, 0.29) is 18.8 Å². The lowest BCUT2D eigenvalue weighted by atomic mass is 9.97. The Kier molecular flexibility index (Phi) is 11.0. The van der Waals surface area contributed by atoms with Gasteiger partial charge in [0.25, 0.3) is 10.1 Å². The topological polar surface area (TPSA) is 63.6 Å². The third-order valence-electron chi connectivity index (χ3n) is 6.16. The van der Waals surface area contributed by atoms with E-state index in [0.29, 0.717) is 5.75 Å². The lowest BCUT2D eigenvalue weighted by Crippen LogP contribution is -2.09. The highest BCUT2D eigenvalue weighted by Gasteiger charge is 2.11. The molecule has 0 aromatic heterocycles. The largest absolute Gasteiger partial charge is 0.492 e. The van der Waals surface area contributed by atoms with Crippen LogP contribution in [0.15, 0.2) is 60.7 Å². The van der Waals surface area contributed by atoms with Gasteiger partial charge in [-0.15, -0.1) is 0 Å². The molecule has 3 rings (SSSR count). The van der Waals surface area contributed by atoms with Crippen LogP contribution in [0.25, 0.3) is 0 Å². The lowest BCUT2D eigenvalue weighted by molar-refractivity contribution is 0.315. The van der Waals surface area contributed by atoms with Crippen molar-refractivity contribution in [2.24, 2.45) is 0 Å². The van der Waals surface area contributed by atoms with Gasteiger partial charge in [0.1, 0.15) is 5.75 Å². The van der Waals surface area contributed by atoms with Gasteiger partial charge >= 0.3 is 0 Å². The molecule has 0 aliphatic heterocycles. The van der Waals surface area contributed by atoms with Crippen molar-refractivity contribution in [2.45, 2.75) is 59.3 Å². The Hall–Kier alpha value is -3.51. The van der Waals surface area contributed by atoms with E-state index in [1.54, 1.807) is 0 Å². The number of unbranched alkanes of at least 4 members (excludes halogenated alkanes) is 2. The van der Waals surface area contributed by atoms with Crippen LogP contribution >= 0.6 is 0 Å². The minimum absolute atomic E-state index is 0.138. The van der Waals surface area contributed by atoms with E-state index >= 15 is 0 Å². The molecule has 0 amide bonds. The predicted molar refractivity (Wildman–Crippen MR) is 155 cm³/mol. The number of hydrogen-bond donors (Lipinski definition) is 1. The third-order valence-corrected chi connectivity index (χ3v) is 6.96. The molecule has 4 nitrogen and oxygen atoms in total. The number of ether oxygens (including phenoxy) is 1. The molecule has 0 unspecified atom stereocenters. The third kappa shape index (κ3) is 9.75. The quantitative estimate of drug-likeness (QED) is 0.180. The Morgan fingerprint density at radius 3 is 2.03 bits per heavy atom. The smallest absolute Gasteiger partial charge is 0.264 e. The second-order valence-electron chi connectivity index (χ2n) is 9.37. The Labute approximate surface area is 228 Å². The summed E-state index contributed by atoms with van der Waals surface area (Å²) in [5.74, 6) is 13.3. The normalized spacial score (nSPS) is 10.7. The highest BCUT2D eigenvalue weighted by Crippen LogP contribution is 2.25. The molecule has 0 saturated heterocycles. The first-order valence-corrected chi connectivity index (χ1v) is 14.8. The monoisotopic (exact) mass is 528 g/mol. The van der Waals surface area contributed by atoms with Crippen molar-refractivity contribution in [1.29, 1.82) is 0 Å². The zero-order valence-electron chi connectivity index (χ0n) is 22.5. The summed E-state index contributed by atoms with van der Waals surface area (Å²) in [4.78, 5) is 0. The number of benzene rings is 3. The fourth-order valence-electron chi connectivity index (χ4n) is 3.89. The Bertz CT molecular complexity index is 1430. The van der Waals surface area contributed by atoms with Crippen LogP contribution in [0.1, 0.15) is 78.5 Å². The average molecular weight is 529 g/mol. The van der Waals surface area contributed by atoms with E-state index in [1.165, 1.54) is 11.1 Å². The molecule has 3 aromatic carbocycles. The number of aryl methyl sites for hydroxylation is 3. The van der Waals surface area contributed by atoms with E-state index in [2.05, 4.69) is 55.7 Å². The summed E-state index contributed by atoms with van der Waals surface area (Å²) in [6.45, 7) is 6.49. The molecule has 0 saturated carbocycles. The molecule has 0 bridgehead atoms. The first kappa shape index (κ1) is 29.1. The van der Waals surface area contributed by atoms with Crippen LogP contribution in [0.3, 0.4) is 0 Å². The first-order chi connectivity index (χ1) is 18.3. The molecular formula is C33H36O4S. The van der Waals surface area contributed by atoms with Gasteiger partial charge in [-0.2, -0.15) is 8.42 Å². The van der Waals surface area contributed by atoms with Gasteiger partial charge in [-0.05, 0) is 80.1 Å². The second kappa shape index (κ2) is 14.4. The molecule has 0 fully saturated rings. The van der Waals surface area contributed by atoms with Crippen LogP contribution in [0.2, 0.25) is 0 Å². The highest BCUT2D eigenvalue weighted by molar-refractivity contribution is 7.85. The molecule has 0 radical (unpaired) electrons. The molecule has 0 aliphatic carbocycles. The summed E-state index contributed by atoms with van der Waals surface area (Å²) in [6, 6.07) is 20.3. The minimum Gasteiger partial charge on any atom is -0.492 e. The van der Waals surface area contributed by atoms with Crippen molar-refractivity contribution in [3.63, 3.8) is 0 Å². The Morgan fingerprint density at radius 1 is 0.789 bits per heavy atom. The maximum Gasteiger partial charge on any atom is 0.264 e. The van der Waals surface area contributed by atoms with E-state index in [4.69, 9.17) is 9.29 Å². The van der Waals surface area contributed by atoms with Crippen molar-refractivity contribution >= 4 is 10.1 Å². The molecule has 198 valence electrons. The standard InChI is InChI=1S/C33H36O4S/c1-4-6-7-9-30-24-32(21-19-28-12-10-26(3)11-13-28)33(37-22-8-23-38(34,35)36)25-31(30)20-18-29-16-14-27(5-2)15-17-29/h10-17,24-25H,4-9,22-23H2,1-3H3,(H,34,35,36). The van der Waals surface area contributed by atoms with E-state index in [1.807, 2.05) is 49.4 Å². The van der Waals surface area contributed by atoms with Crippen LogP contribution in [0.5, 0.6) is 5.75 Å². The van der Waals surface area contributed by atoms with E-state index in [0.717, 1.165) is 59.9 Å². The summed E-state index contributed by atoms with van der Waals surface area (Å²) in [5.41, 5.74) is 7.03. The summed E-state index contributed by atoms with van der Waals surface area (Å²) in [6.07, 6.45) is 5.35. The predicted octanol–water partition coefficient (Wildman–Crippen LogP) is 6.75. The number of rotatable bonds is 10. The Balaban J connectivity index is 2.00. The fraction of sp³-hybridized carbons (Fsp3) is 0.333. The van der Waals surface area contributed by atoms with Crippen LogP contribution < -0.4 is 4.74 Å². The van der Waals surface area contributed by atoms with Crippen molar-refractivity contribution in [2.75, 3.05) is 12.4 Å². The molecular weight excluding hydrogens is 492 g/mol. The highest BCUT2D eigenvalue weighted by atomic mass is 32.2. The fourth-order valence-corrected chi connectivity index (χ4v) is 4.38. The summed E-state index contributed by atoms with van der Waals surface area (Å²) >= 11 is 0. The van der Waals surface area contributed by atoms with Crippen molar-refractivity contribution in [3.05, 3.63) is 99.6 Å². The zero-order valence-corrected chi connectivity index (χ0v) is 23.3. The zero-order chi connectivity index (χ0) is 27.4. The van der Waals surface area contributed by atoms with Gasteiger partial charge in [0.2, 0.25) is 0 Å². The van der Waals surface area contributed by atoms with Gasteiger partial charge in [0.05, 0.1) is 17.9 Å². The molecule has 0 aliphatic rings. The van der Waals surface area contributed by atoms with Gasteiger partial charge in [0.15, 0.2) is 0 Å². The van der Waals surface area contributed by atoms with Crippen molar-refractivity contribution in [1.82, 2.24) is 0 Å². The molecule has 0 spiro atoms. The SMILES string of the molecule is CCCCCc1cc(C#Cc2ccc(C)cc2)c(OCCCS(=O)(=O)O)cc1C#Cc1ccc(CC)cc1. The maximum atomic E-state index is 11.1. The van der Waals surface area contributed by atoms with Crippen molar-refractivity contribution < 1.29 is 17.7 Å². The van der Waals surface area contributed by atoms with Gasteiger partial charge in [0, 0.05) is 16.7 Å². The molecule has 0 atom stereocenters. The molecule has 3 aromatic rings. The molecule has 5 heteroatoms. The van der Waals surface area contributed by atoms with Crippen LogP contribution in [-0.2, 0) is 23.0 Å². The van der Waals surface area contributed by atoms with Gasteiger partial charge in [-0.3, -0.25) is 4.55 Å². The van der Waals surface area contributed by atoms with Crippen molar-refractivity contribution in [3.8, 4) is 29.4 Å². The van der Waals surface area contributed by atoms with Crippen LogP contribution in [0, 0.1) is 30.6 Å². The van der Waals surface area contributed by atoms with Crippen LogP contribution in [0.4, 0.5) is 0 Å². The molecule has 38 heavy (non-hydrogen) atoms. The summed E-state index contributed by atoms with van der Waals surface area (Å²) in [5, 5.41) is 0. The maximum absolute atomic E-state index is 11.1. The lowest BCUT2D eigenvalue weighted by Gasteiger charge is -2.13. The molecule has 0 heterocycles. The Morgan fingerprint density at radius 2 is 1.42 bits per heavy atom. The molecule has 1 N–H and O–H groups in total. The van der Waals surface area contributed by atoms with Crippen LogP contribution in [-0.4, -0.2) is 25.3 Å². The van der Waals surface area contributed by atoms with E-state index < -0.39 is 10.1 Å². The first-order valence-electron chi connectivity index (χ1n) is 13.2. The summed E-state index contributed by atoms with van der Waals surface area (Å²) < 4.78 is 37.3. The van der Waals surface area contributed by atoms with Gasteiger partial charge in [-0.1, -0.05) is 80.2 Å². The van der Waals surface area contributed by atoms with Gasteiger partial charge < -0.3 is 4.74 Å². The average Bonchev–Trinajstić information content (AvgIpc) is 2.90. The number of hydrogen-bond acceptors (Lipinski definition) is 3. The van der Waals surface area contributed by atoms with E-state index in [9.17, 15) is 8.42 Å². The summed E-state index contributed by atoms with van der Waals surface area (Å²) in [7, 11) is -4.04. The minimum atomic E-state index is -4.04.